The van der Waals surface area contributed by atoms with Gasteiger partial charge in [0.2, 0.25) is 0 Å². The van der Waals surface area contributed by atoms with Crippen molar-refractivity contribution in [3.05, 3.63) is 32.2 Å². The number of thiazole rings is 2. The van der Waals surface area contributed by atoms with Gasteiger partial charge in [-0.15, -0.1) is 22.7 Å². The van der Waals surface area contributed by atoms with Gasteiger partial charge in [-0.3, -0.25) is 4.79 Å². The monoisotopic (exact) mass is 625 g/mol. The van der Waals surface area contributed by atoms with Crippen LogP contribution in [0.15, 0.2) is 10.8 Å². The minimum atomic E-state index is -1.06. The molecule has 0 spiro atoms. The summed E-state index contributed by atoms with van der Waals surface area (Å²) in [5, 5.41) is 28.7. The van der Waals surface area contributed by atoms with E-state index in [4.69, 9.17) is 14.9 Å². The van der Waals surface area contributed by atoms with Gasteiger partial charge in [0.05, 0.1) is 23.7 Å². The number of carbonyl (C=O) groups is 4. The number of hydrogen-bond donors (Lipinski definition) is 4. The zero-order chi connectivity index (χ0) is 30.9. The molecule has 0 saturated carbocycles. The van der Waals surface area contributed by atoms with Crippen molar-refractivity contribution in [1.82, 2.24) is 25.5 Å². The number of aliphatic hydroxyl groups excluding tert-OH is 1. The van der Waals surface area contributed by atoms with Gasteiger partial charge in [0, 0.05) is 35.7 Å². The molecule has 0 aromatic carbocycles. The van der Waals surface area contributed by atoms with Crippen molar-refractivity contribution in [3.8, 4) is 0 Å². The second-order valence-electron chi connectivity index (χ2n) is 10.9. The maximum atomic E-state index is 12.0. The highest BCUT2D eigenvalue weighted by atomic mass is 32.1. The highest BCUT2D eigenvalue weighted by molar-refractivity contribution is 7.10. The Balaban J connectivity index is 0.000000230. The zero-order valence-electron chi connectivity index (χ0n) is 24.3. The predicted molar refractivity (Wildman–Crippen MR) is 156 cm³/mol. The molecule has 2 aliphatic rings. The van der Waals surface area contributed by atoms with Crippen LogP contribution in [0.25, 0.3) is 0 Å². The Bertz CT molecular complexity index is 1210. The molecule has 1 unspecified atom stereocenters. The van der Waals surface area contributed by atoms with Crippen LogP contribution in [-0.2, 0) is 14.3 Å². The molecule has 2 aromatic heterocycles. The lowest BCUT2D eigenvalue weighted by molar-refractivity contribution is -0.143. The lowest BCUT2D eigenvalue weighted by Gasteiger charge is -2.32. The van der Waals surface area contributed by atoms with Gasteiger partial charge in [-0.05, 0) is 59.5 Å². The number of amides is 2. The van der Waals surface area contributed by atoms with Crippen molar-refractivity contribution in [2.75, 3.05) is 39.9 Å². The number of nitrogens with one attached hydrogen (secondary N) is 2. The molecular weight excluding hydrogens is 586 g/mol. The summed E-state index contributed by atoms with van der Waals surface area (Å²) in [6.07, 6.45) is 3.30. The number of likely N-dealkylation sites (tertiary alicyclic amines) is 1. The Morgan fingerprint density at radius 3 is 2.07 bits per heavy atom. The molecule has 2 aliphatic heterocycles. The molecule has 232 valence electrons. The third-order valence-electron chi connectivity index (χ3n) is 6.65. The first-order valence-electron chi connectivity index (χ1n) is 13.7. The third-order valence-corrected chi connectivity index (χ3v) is 8.67. The van der Waals surface area contributed by atoms with Crippen molar-refractivity contribution in [1.29, 1.82) is 0 Å². The van der Waals surface area contributed by atoms with Crippen molar-refractivity contribution in [2.24, 2.45) is 0 Å². The molecule has 2 aromatic rings. The van der Waals surface area contributed by atoms with Crippen LogP contribution >= 0.6 is 22.7 Å². The van der Waals surface area contributed by atoms with E-state index in [2.05, 4.69) is 25.3 Å². The van der Waals surface area contributed by atoms with Crippen molar-refractivity contribution >= 4 is 46.6 Å². The van der Waals surface area contributed by atoms with E-state index in [-0.39, 0.29) is 23.4 Å². The molecule has 0 bridgehead atoms. The molecule has 1 atom stereocenters. The number of aromatic carboxylic acids is 1. The van der Waals surface area contributed by atoms with Gasteiger partial charge in [0.25, 0.3) is 5.91 Å². The highest BCUT2D eigenvalue weighted by Crippen LogP contribution is 2.31. The average Bonchev–Trinajstić information content (AvgIpc) is 3.67. The van der Waals surface area contributed by atoms with Crippen molar-refractivity contribution in [3.63, 3.8) is 0 Å². The van der Waals surface area contributed by atoms with Gasteiger partial charge >= 0.3 is 18.0 Å². The molecule has 2 fully saturated rings. The zero-order valence-corrected chi connectivity index (χ0v) is 25.9. The van der Waals surface area contributed by atoms with Crippen molar-refractivity contribution < 1.29 is 38.9 Å². The second kappa shape index (κ2) is 15.4. The summed E-state index contributed by atoms with van der Waals surface area (Å²) < 4.78 is 9.85. The SMILES string of the molecule is CC(C)(C)OC(=O)N1CCC(c2nc(C(=O)O)cs2)CC1.COC(=O)C(CO)NC(=O)c1csc(C2CCNCC2)n1. The van der Waals surface area contributed by atoms with Crippen LogP contribution in [0.4, 0.5) is 4.79 Å². The van der Waals surface area contributed by atoms with Gasteiger partial charge in [-0.1, -0.05) is 0 Å². The summed E-state index contributed by atoms with van der Waals surface area (Å²) in [7, 11) is 1.20. The fourth-order valence-electron chi connectivity index (χ4n) is 4.41. The number of hydrogen-bond acceptors (Lipinski definition) is 12. The fraction of sp³-hybridized carbons (Fsp3) is 0.630. The molecule has 15 heteroatoms. The molecule has 0 radical (unpaired) electrons. The molecule has 4 rings (SSSR count). The topological polar surface area (TPSA) is 180 Å². The highest BCUT2D eigenvalue weighted by Gasteiger charge is 2.29. The number of nitrogens with zero attached hydrogens (tertiary/aromatic N) is 3. The summed E-state index contributed by atoms with van der Waals surface area (Å²) in [6, 6.07) is -1.06. The van der Waals surface area contributed by atoms with E-state index in [9.17, 15) is 19.2 Å². The van der Waals surface area contributed by atoms with E-state index < -0.39 is 36.1 Å². The normalized spacial score (nSPS) is 17.0. The second-order valence-corrected chi connectivity index (χ2v) is 12.7. The minimum absolute atomic E-state index is 0.101. The summed E-state index contributed by atoms with van der Waals surface area (Å²) >= 11 is 2.83. The lowest BCUT2D eigenvalue weighted by atomic mass is 9.98. The Kier molecular flexibility index (Phi) is 12.2. The average molecular weight is 626 g/mol. The molecule has 4 N–H and O–H groups in total. The Labute approximate surface area is 252 Å². The number of carboxylic acid groups (broad SMARTS) is 1. The molecule has 2 amide bonds. The first kappa shape index (κ1) is 33.4. The summed E-state index contributed by atoms with van der Waals surface area (Å²) in [5.74, 6) is -1.55. The lowest BCUT2D eigenvalue weighted by Crippen LogP contribution is -2.44. The van der Waals surface area contributed by atoms with Gasteiger partial charge in [-0.25, -0.2) is 24.4 Å². The smallest absolute Gasteiger partial charge is 0.410 e. The summed E-state index contributed by atoms with van der Waals surface area (Å²) in [6.45, 7) is 8.18. The molecule has 0 aliphatic carbocycles. The van der Waals surface area contributed by atoms with E-state index in [1.165, 1.54) is 29.8 Å². The molecular formula is C27H39N5O8S2. The standard InChI is InChI=1S/C14H20N2O4S.C13H19N3O4S/c1-14(2,3)20-13(19)16-6-4-9(5-7-16)11-15-10(8-21-11)12(17)18;1-20-13(19)9(6-17)15-11(18)10-7-21-12(16-10)8-2-4-14-5-3-8/h8-9H,4-7H2,1-3H3,(H,17,18);7-9,14,17H,2-6H2,1H3,(H,15,18). The van der Waals surface area contributed by atoms with E-state index in [0.29, 0.717) is 19.0 Å². The number of esters is 1. The number of ether oxygens (including phenoxy) is 2. The van der Waals surface area contributed by atoms with E-state index in [1.54, 1.807) is 15.7 Å². The fourth-order valence-corrected chi connectivity index (χ4v) is 6.35. The largest absolute Gasteiger partial charge is 0.476 e. The number of rotatable bonds is 7. The van der Waals surface area contributed by atoms with Gasteiger partial charge in [0.1, 0.15) is 11.3 Å². The predicted octanol–water partition coefficient (Wildman–Crippen LogP) is 2.83. The van der Waals surface area contributed by atoms with Gasteiger partial charge in [-0.2, -0.15) is 0 Å². The quantitative estimate of drug-likeness (QED) is 0.332. The number of carbonyl (C=O) groups excluding carboxylic acids is 3. The molecule has 42 heavy (non-hydrogen) atoms. The van der Waals surface area contributed by atoms with Crippen LogP contribution in [0.3, 0.4) is 0 Å². The molecule has 2 saturated heterocycles. The maximum Gasteiger partial charge on any atom is 0.410 e. The van der Waals surface area contributed by atoms with Crippen LogP contribution in [0.2, 0.25) is 0 Å². The van der Waals surface area contributed by atoms with Crippen LogP contribution in [0.1, 0.15) is 89.3 Å². The molecule has 13 nitrogen and oxygen atoms in total. The Morgan fingerprint density at radius 1 is 1.02 bits per heavy atom. The van der Waals surface area contributed by atoms with E-state index in [0.717, 1.165) is 48.8 Å². The molecule has 4 heterocycles. The Morgan fingerprint density at radius 2 is 1.57 bits per heavy atom. The first-order valence-corrected chi connectivity index (χ1v) is 15.5. The summed E-state index contributed by atoms with van der Waals surface area (Å²) in [4.78, 5) is 56.4. The van der Waals surface area contributed by atoms with Crippen LogP contribution in [0.5, 0.6) is 0 Å². The third kappa shape index (κ3) is 9.71. The van der Waals surface area contributed by atoms with Gasteiger partial charge < -0.3 is 35.2 Å². The number of piperidine rings is 2. The van der Waals surface area contributed by atoms with Gasteiger partial charge in [0.15, 0.2) is 11.7 Å². The maximum absolute atomic E-state index is 12.0. The van der Waals surface area contributed by atoms with E-state index >= 15 is 0 Å². The van der Waals surface area contributed by atoms with E-state index in [1.807, 2.05) is 20.8 Å². The summed E-state index contributed by atoms with van der Waals surface area (Å²) in [5.41, 5.74) is -0.111. The number of methoxy groups -OCH3 is 1. The van der Waals surface area contributed by atoms with Crippen molar-refractivity contribution in [2.45, 2.75) is 69.9 Å². The number of carboxylic acids is 1. The van der Waals surface area contributed by atoms with Crippen LogP contribution in [0, 0.1) is 0 Å². The first-order chi connectivity index (χ1) is 19.9. The number of aromatic nitrogens is 2. The van der Waals surface area contributed by atoms with Crippen LogP contribution in [-0.4, -0.2) is 101 Å². The Hall–Kier alpha value is -3.14. The van der Waals surface area contributed by atoms with Crippen LogP contribution < -0.4 is 10.6 Å². The minimum Gasteiger partial charge on any atom is -0.476 e. The number of aliphatic hydroxyl groups is 1.